The molecule has 3 fully saturated rings. The fourth-order valence-electron chi connectivity index (χ4n) is 4.46. The molecule has 3 atom stereocenters. The number of hydrogen-bond donors (Lipinski definition) is 2. The average molecular weight is 295 g/mol. The lowest BCUT2D eigenvalue weighted by Crippen LogP contribution is -2.55. The Balaban J connectivity index is 1.57. The molecule has 0 amide bonds. The normalized spacial score (nSPS) is 39.5. The zero-order valence-electron chi connectivity index (χ0n) is 13.0. The lowest BCUT2D eigenvalue weighted by molar-refractivity contribution is -0.145. The monoisotopic (exact) mass is 295 g/mol. The predicted molar refractivity (Wildman–Crippen MR) is 82.2 cm³/mol. The summed E-state index contributed by atoms with van der Waals surface area (Å²) in [7, 11) is 0. The molecule has 3 rings (SSSR count). The van der Waals surface area contributed by atoms with Crippen molar-refractivity contribution in [2.24, 2.45) is 5.73 Å². The molecule has 0 aromatic heterocycles. The molecule has 120 valence electrons. The number of carboxylic acids is 1. The van der Waals surface area contributed by atoms with Crippen LogP contribution in [-0.4, -0.2) is 64.7 Å². The summed E-state index contributed by atoms with van der Waals surface area (Å²) in [6.45, 7) is 4.72. The van der Waals surface area contributed by atoms with Gasteiger partial charge in [-0.15, -0.1) is 0 Å². The van der Waals surface area contributed by atoms with Gasteiger partial charge in [0.15, 0.2) is 0 Å². The second-order valence-corrected chi connectivity index (χ2v) is 7.25. The first kappa shape index (κ1) is 15.3. The highest BCUT2D eigenvalue weighted by Gasteiger charge is 2.42. The first-order valence-corrected chi connectivity index (χ1v) is 8.59. The average Bonchev–Trinajstić information content (AvgIpc) is 2.98. The second kappa shape index (κ2) is 6.23. The van der Waals surface area contributed by atoms with Crippen LogP contribution in [0.4, 0.5) is 0 Å². The van der Waals surface area contributed by atoms with E-state index in [2.05, 4.69) is 9.80 Å². The Morgan fingerprint density at radius 2 is 1.76 bits per heavy atom. The number of aliphatic carboxylic acids is 1. The van der Waals surface area contributed by atoms with E-state index in [0.29, 0.717) is 24.9 Å². The molecule has 0 spiro atoms. The van der Waals surface area contributed by atoms with E-state index in [-0.39, 0.29) is 0 Å². The fraction of sp³-hybridized carbons (Fsp3) is 0.938. The number of rotatable bonds is 3. The van der Waals surface area contributed by atoms with E-state index in [4.69, 9.17) is 5.73 Å². The van der Waals surface area contributed by atoms with Gasteiger partial charge in [-0.25, -0.2) is 0 Å². The maximum Gasteiger partial charge on any atom is 0.323 e. The standard InChI is InChI=1S/C16H29N3O2/c17-16(15(20)21)7-4-5-13(11-16)19-10-6-14(12-19)18-8-2-1-3-9-18/h13-14H,1-12,17H2,(H,20,21). The van der Waals surface area contributed by atoms with Crippen molar-refractivity contribution in [2.75, 3.05) is 26.2 Å². The first-order valence-electron chi connectivity index (χ1n) is 8.59. The van der Waals surface area contributed by atoms with Crippen LogP contribution in [0.15, 0.2) is 0 Å². The molecule has 0 radical (unpaired) electrons. The summed E-state index contributed by atoms with van der Waals surface area (Å²) >= 11 is 0. The molecule has 1 saturated carbocycles. The summed E-state index contributed by atoms with van der Waals surface area (Å²) in [6.07, 6.45) is 8.59. The summed E-state index contributed by atoms with van der Waals surface area (Å²) in [4.78, 5) is 16.6. The Morgan fingerprint density at radius 3 is 2.48 bits per heavy atom. The minimum Gasteiger partial charge on any atom is -0.480 e. The molecule has 0 aromatic rings. The van der Waals surface area contributed by atoms with Gasteiger partial charge in [0.05, 0.1) is 0 Å². The quantitative estimate of drug-likeness (QED) is 0.820. The van der Waals surface area contributed by atoms with Crippen molar-refractivity contribution in [3.63, 3.8) is 0 Å². The molecule has 3 unspecified atom stereocenters. The minimum atomic E-state index is -0.994. The van der Waals surface area contributed by atoms with Gasteiger partial charge in [-0.05, 0) is 58.0 Å². The summed E-state index contributed by atoms with van der Waals surface area (Å²) in [5.41, 5.74) is 5.11. The van der Waals surface area contributed by atoms with E-state index >= 15 is 0 Å². The molecule has 0 bridgehead atoms. The Kier molecular flexibility index (Phi) is 4.52. The number of nitrogens with zero attached hydrogens (tertiary/aromatic N) is 2. The van der Waals surface area contributed by atoms with Gasteiger partial charge in [-0.2, -0.15) is 0 Å². The molecule has 21 heavy (non-hydrogen) atoms. The van der Waals surface area contributed by atoms with E-state index in [9.17, 15) is 9.90 Å². The van der Waals surface area contributed by atoms with Crippen LogP contribution in [0.2, 0.25) is 0 Å². The van der Waals surface area contributed by atoms with Crippen molar-refractivity contribution in [3.05, 3.63) is 0 Å². The lowest BCUT2D eigenvalue weighted by atomic mass is 9.79. The third-order valence-corrected chi connectivity index (χ3v) is 5.80. The highest BCUT2D eigenvalue weighted by molar-refractivity contribution is 5.78. The Hall–Kier alpha value is -0.650. The highest BCUT2D eigenvalue weighted by atomic mass is 16.4. The second-order valence-electron chi connectivity index (χ2n) is 7.25. The molecule has 2 saturated heterocycles. The Bertz CT molecular complexity index is 384. The summed E-state index contributed by atoms with van der Waals surface area (Å²) in [6, 6.07) is 1.05. The van der Waals surface area contributed by atoms with Gasteiger partial charge >= 0.3 is 5.97 Å². The van der Waals surface area contributed by atoms with Crippen LogP contribution in [0.5, 0.6) is 0 Å². The van der Waals surface area contributed by atoms with Gasteiger partial charge < -0.3 is 10.8 Å². The molecule has 3 aliphatic rings. The molecule has 2 aliphatic heterocycles. The van der Waals surface area contributed by atoms with Crippen LogP contribution in [0.3, 0.4) is 0 Å². The van der Waals surface area contributed by atoms with Crippen LogP contribution in [0.25, 0.3) is 0 Å². The van der Waals surface area contributed by atoms with E-state index in [1.807, 2.05) is 0 Å². The van der Waals surface area contributed by atoms with Crippen molar-refractivity contribution in [3.8, 4) is 0 Å². The molecule has 0 aromatic carbocycles. The van der Waals surface area contributed by atoms with Crippen LogP contribution < -0.4 is 5.73 Å². The Morgan fingerprint density at radius 1 is 1.00 bits per heavy atom. The number of likely N-dealkylation sites (tertiary alicyclic amines) is 2. The van der Waals surface area contributed by atoms with Crippen molar-refractivity contribution < 1.29 is 9.90 Å². The van der Waals surface area contributed by atoms with Gasteiger partial charge in [-0.3, -0.25) is 14.6 Å². The molecule has 1 aliphatic carbocycles. The molecular formula is C16H29N3O2. The molecule has 2 heterocycles. The van der Waals surface area contributed by atoms with E-state index in [1.54, 1.807) is 0 Å². The van der Waals surface area contributed by atoms with Gasteiger partial charge in [0.25, 0.3) is 0 Å². The predicted octanol–water partition coefficient (Wildman–Crippen LogP) is 1.27. The first-order chi connectivity index (χ1) is 10.1. The maximum absolute atomic E-state index is 11.4. The van der Waals surface area contributed by atoms with Gasteiger partial charge in [0, 0.05) is 25.2 Å². The van der Waals surface area contributed by atoms with Crippen LogP contribution >= 0.6 is 0 Å². The third-order valence-electron chi connectivity index (χ3n) is 5.80. The zero-order valence-corrected chi connectivity index (χ0v) is 13.0. The molecule has 5 nitrogen and oxygen atoms in total. The van der Waals surface area contributed by atoms with E-state index in [0.717, 1.165) is 25.9 Å². The smallest absolute Gasteiger partial charge is 0.323 e. The SMILES string of the molecule is NC1(C(=O)O)CCCC(N2CCC(N3CCCCC3)C2)C1. The van der Waals surface area contributed by atoms with Crippen molar-refractivity contribution in [1.29, 1.82) is 0 Å². The van der Waals surface area contributed by atoms with Crippen molar-refractivity contribution >= 4 is 5.97 Å². The van der Waals surface area contributed by atoms with Gasteiger partial charge in [0.2, 0.25) is 0 Å². The number of piperidine rings is 1. The van der Waals surface area contributed by atoms with Crippen LogP contribution in [-0.2, 0) is 4.79 Å². The third kappa shape index (κ3) is 3.25. The highest BCUT2D eigenvalue weighted by Crippen LogP contribution is 2.32. The van der Waals surface area contributed by atoms with Gasteiger partial charge in [-0.1, -0.05) is 6.42 Å². The minimum absolute atomic E-state index is 0.370. The summed E-state index contributed by atoms with van der Waals surface area (Å²) < 4.78 is 0. The fourth-order valence-corrected chi connectivity index (χ4v) is 4.46. The largest absolute Gasteiger partial charge is 0.480 e. The van der Waals surface area contributed by atoms with Crippen molar-refractivity contribution in [1.82, 2.24) is 9.80 Å². The molecular weight excluding hydrogens is 266 g/mol. The number of carboxylic acid groups (broad SMARTS) is 1. The van der Waals surface area contributed by atoms with E-state index < -0.39 is 11.5 Å². The Labute approximate surface area is 127 Å². The van der Waals surface area contributed by atoms with Crippen LogP contribution in [0.1, 0.15) is 51.4 Å². The molecule has 3 N–H and O–H groups in total. The number of carbonyl (C=O) groups is 1. The zero-order chi connectivity index (χ0) is 14.9. The number of nitrogens with two attached hydrogens (primary N) is 1. The lowest BCUT2D eigenvalue weighted by Gasteiger charge is -2.39. The summed E-state index contributed by atoms with van der Waals surface area (Å²) in [5.74, 6) is -0.820. The number of hydrogen-bond acceptors (Lipinski definition) is 4. The summed E-state index contributed by atoms with van der Waals surface area (Å²) in [5, 5.41) is 9.36. The van der Waals surface area contributed by atoms with Gasteiger partial charge in [0.1, 0.15) is 5.54 Å². The van der Waals surface area contributed by atoms with E-state index in [1.165, 1.54) is 38.8 Å². The molecule has 5 heteroatoms. The maximum atomic E-state index is 11.4. The van der Waals surface area contributed by atoms with Crippen molar-refractivity contribution in [2.45, 2.75) is 69.0 Å². The topological polar surface area (TPSA) is 69.8 Å². The van der Waals surface area contributed by atoms with Crippen LogP contribution in [0, 0.1) is 0 Å².